The lowest BCUT2D eigenvalue weighted by atomic mass is 9.96. The third-order valence-electron chi connectivity index (χ3n) is 5.16. The summed E-state index contributed by atoms with van der Waals surface area (Å²) in [6, 6.07) is 13.0. The summed E-state index contributed by atoms with van der Waals surface area (Å²) in [5.41, 5.74) is 6.50. The maximum absolute atomic E-state index is 11.0. The van der Waals surface area contributed by atoms with Crippen LogP contribution in [0.4, 0.5) is 4.79 Å². The monoisotopic (exact) mass is 386 g/mol. The molecule has 0 bridgehead atoms. The lowest BCUT2D eigenvalue weighted by molar-refractivity contribution is 0.144. The van der Waals surface area contributed by atoms with E-state index in [9.17, 15) is 4.79 Å². The molecule has 4 heterocycles. The quantitative estimate of drug-likeness (QED) is 0.413. The van der Waals surface area contributed by atoms with Gasteiger partial charge >= 0.3 is 6.16 Å². The number of nitrogens with zero attached hydrogens (tertiary/aromatic N) is 4. The Hall–Kier alpha value is -3.74. The summed E-state index contributed by atoms with van der Waals surface area (Å²) in [5, 5.41) is 14.7. The van der Waals surface area contributed by atoms with E-state index < -0.39 is 6.16 Å². The van der Waals surface area contributed by atoms with Crippen molar-refractivity contribution >= 4 is 17.1 Å². The van der Waals surface area contributed by atoms with Gasteiger partial charge in [-0.25, -0.2) is 4.79 Å². The van der Waals surface area contributed by atoms with E-state index in [1.807, 2.05) is 31.2 Å². The number of benzene rings is 1. The number of ether oxygens (including phenoxy) is 1. The number of fused-ring (bicyclic) bond motifs is 2. The van der Waals surface area contributed by atoms with Crippen molar-refractivity contribution in [1.82, 2.24) is 19.7 Å². The highest BCUT2D eigenvalue weighted by Crippen LogP contribution is 2.40. The van der Waals surface area contributed by atoms with E-state index in [1.54, 1.807) is 24.4 Å². The van der Waals surface area contributed by atoms with Gasteiger partial charge in [-0.3, -0.25) is 14.6 Å². The molecule has 1 aromatic carbocycles. The zero-order valence-electron chi connectivity index (χ0n) is 15.8. The number of rotatable bonds is 3. The largest absolute Gasteiger partial charge is 0.511 e. The van der Waals surface area contributed by atoms with E-state index in [0.29, 0.717) is 0 Å². The van der Waals surface area contributed by atoms with Gasteiger partial charge in [0.05, 0.1) is 11.2 Å². The van der Waals surface area contributed by atoms with Crippen LogP contribution in [0.5, 0.6) is 5.75 Å². The number of hydrogen-bond donors (Lipinski definition) is 1. The van der Waals surface area contributed by atoms with Crippen LogP contribution in [0.1, 0.15) is 17.8 Å². The van der Waals surface area contributed by atoms with Crippen molar-refractivity contribution in [3.63, 3.8) is 0 Å². The maximum atomic E-state index is 11.0. The zero-order chi connectivity index (χ0) is 20.0. The molecule has 1 aliphatic heterocycles. The fourth-order valence-corrected chi connectivity index (χ4v) is 3.98. The first-order valence-electron chi connectivity index (χ1n) is 9.44. The van der Waals surface area contributed by atoms with E-state index in [2.05, 4.69) is 14.6 Å². The summed E-state index contributed by atoms with van der Waals surface area (Å²) in [5.74, 6) is 0.262. The molecule has 1 N–H and O–H groups in total. The topological polar surface area (TPSA) is 90.1 Å². The van der Waals surface area contributed by atoms with Crippen LogP contribution in [0.2, 0.25) is 0 Å². The predicted octanol–water partition coefficient (Wildman–Crippen LogP) is 4.47. The van der Waals surface area contributed by atoms with Gasteiger partial charge in [-0.05, 0) is 61.7 Å². The lowest BCUT2D eigenvalue weighted by Gasteiger charge is -2.10. The van der Waals surface area contributed by atoms with Crippen LogP contribution in [0.15, 0.2) is 48.7 Å². The number of aryl methyl sites for hydroxylation is 2. The van der Waals surface area contributed by atoms with Crippen molar-refractivity contribution in [3.05, 3.63) is 60.0 Å². The second kappa shape index (κ2) is 6.70. The Bertz CT molecular complexity index is 1260. The molecule has 144 valence electrons. The van der Waals surface area contributed by atoms with Gasteiger partial charge in [0.1, 0.15) is 11.4 Å². The lowest BCUT2D eigenvalue weighted by Crippen LogP contribution is -2.02. The summed E-state index contributed by atoms with van der Waals surface area (Å²) < 4.78 is 6.93. The van der Waals surface area contributed by atoms with E-state index in [0.717, 1.165) is 58.5 Å². The minimum Gasteiger partial charge on any atom is -0.449 e. The van der Waals surface area contributed by atoms with Crippen molar-refractivity contribution in [1.29, 1.82) is 0 Å². The zero-order valence-corrected chi connectivity index (χ0v) is 15.8. The predicted molar refractivity (Wildman–Crippen MR) is 108 cm³/mol. The normalized spacial score (nSPS) is 12.9. The standard InChI is InChI=1S/C22H18N4O3/c1-13-4-2-5-18(24-13)21-20(19-6-3-11-26(19)25-21)15-9-10-23-17-8-7-14(12-16(15)17)29-22(27)28/h2,4-5,7-10,12H,3,6,11H2,1H3,(H,27,28). The first-order chi connectivity index (χ1) is 14.1. The van der Waals surface area contributed by atoms with Gasteiger partial charge in [-0.15, -0.1) is 0 Å². The highest BCUT2D eigenvalue weighted by Gasteiger charge is 2.25. The molecule has 0 atom stereocenters. The highest BCUT2D eigenvalue weighted by molar-refractivity contribution is 5.99. The van der Waals surface area contributed by atoms with Crippen LogP contribution in [0, 0.1) is 6.92 Å². The molecule has 0 fully saturated rings. The summed E-state index contributed by atoms with van der Waals surface area (Å²) in [6.45, 7) is 2.84. The number of aromatic nitrogens is 4. The summed E-state index contributed by atoms with van der Waals surface area (Å²) in [6.07, 6.45) is 2.41. The Morgan fingerprint density at radius 1 is 1.21 bits per heavy atom. The number of carboxylic acid groups (broad SMARTS) is 1. The van der Waals surface area contributed by atoms with Crippen LogP contribution in [-0.2, 0) is 13.0 Å². The van der Waals surface area contributed by atoms with E-state index in [1.165, 1.54) is 5.69 Å². The molecule has 5 rings (SSSR count). The molecule has 29 heavy (non-hydrogen) atoms. The summed E-state index contributed by atoms with van der Waals surface area (Å²) in [4.78, 5) is 20.1. The Morgan fingerprint density at radius 3 is 2.93 bits per heavy atom. The fraction of sp³-hybridized carbons (Fsp3) is 0.182. The molecule has 0 unspecified atom stereocenters. The van der Waals surface area contributed by atoms with Crippen molar-refractivity contribution in [3.8, 4) is 28.3 Å². The molecule has 0 radical (unpaired) electrons. The second-order valence-corrected chi connectivity index (χ2v) is 7.07. The molecule has 7 nitrogen and oxygen atoms in total. The Morgan fingerprint density at radius 2 is 2.10 bits per heavy atom. The summed E-state index contributed by atoms with van der Waals surface area (Å²) in [7, 11) is 0. The molecule has 3 aromatic heterocycles. The van der Waals surface area contributed by atoms with Gasteiger partial charge in [-0.2, -0.15) is 5.10 Å². The average molecular weight is 386 g/mol. The van der Waals surface area contributed by atoms with Gasteiger partial charge in [0.15, 0.2) is 0 Å². The third-order valence-corrected chi connectivity index (χ3v) is 5.16. The summed E-state index contributed by atoms with van der Waals surface area (Å²) >= 11 is 0. The van der Waals surface area contributed by atoms with Gasteiger partial charge in [0.2, 0.25) is 0 Å². The van der Waals surface area contributed by atoms with Crippen LogP contribution in [0.25, 0.3) is 33.4 Å². The molecule has 7 heteroatoms. The Kier molecular flexibility index (Phi) is 4.01. The molecule has 4 aromatic rings. The molecule has 0 saturated carbocycles. The van der Waals surface area contributed by atoms with E-state index in [-0.39, 0.29) is 5.75 Å². The first-order valence-corrected chi connectivity index (χ1v) is 9.44. The molecular formula is C22H18N4O3. The number of hydrogen-bond acceptors (Lipinski definition) is 5. The minimum absolute atomic E-state index is 0.262. The third kappa shape index (κ3) is 3.00. The smallest absolute Gasteiger partial charge is 0.449 e. The Labute approximate surface area is 166 Å². The van der Waals surface area contributed by atoms with E-state index >= 15 is 0 Å². The van der Waals surface area contributed by atoms with Crippen molar-refractivity contribution in [2.24, 2.45) is 0 Å². The van der Waals surface area contributed by atoms with Crippen molar-refractivity contribution < 1.29 is 14.6 Å². The van der Waals surface area contributed by atoms with Crippen molar-refractivity contribution in [2.75, 3.05) is 0 Å². The molecule has 1 aliphatic rings. The van der Waals surface area contributed by atoms with Crippen LogP contribution in [0.3, 0.4) is 0 Å². The van der Waals surface area contributed by atoms with Crippen LogP contribution >= 0.6 is 0 Å². The molecule has 0 spiro atoms. The minimum atomic E-state index is -1.34. The van der Waals surface area contributed by atoms with Crippen LogP contribution < -0.4 is 4.74 Å². The maximum Gasteiger partial charge on any atom is 0.511 e. The number of pyridine rings is 2. The Balaban J connectivity index is 1.78. The molecule has 0 saturated heterocycles. The highest BCUT2D eigenvalue weighted by atomic mass is 16.7. The van der Waals surface area contributed by atoms with Gasteiger partial charge in [0, 0.05) is 35.1 Å². The fourth-order valence-electron chi connectivity index (χ4n) is 3.98. The van der Waals surface area contributed by atoms with Gasteiger partial charge in [0.25, 0.3) is 0 Å². The SMILES string of the molecule is Cc1cccc(-c2nn3c(c2-c2ccnc4ccc(OC(=O)O)cc24)CCC3)n1. The molecule has 0 aliphatic carbocycles. The van der Waals surface area contributed by atoms with Gasteiger partial charge < -0.3 is 9.84 Å². The van der Waals surface area contributed by atoms with Crippen molar-refractivity contribution in [2.45, 2.75) is 26.3 Å². The second-order valence-electron chi connectivity index (χ2n) is 7.07. The van der Waals surface area contributed by atoms with E-state index in [4.69, 9.17) is 14.9 Å². The first kappa shape index (κ1) is 17.4. The molecular weight excluding hydrogens is 368 g/mol. The average Bonchev–Trinajstić information content (AvgIpc) is 3.28. The number of carbonyl (C=O) groups is 1. The van der Waals surface area contributed by atoms with Crippen LogP contribution in [-0.4, -0.2) is 31.0 Å². The van der Waals surface area contributed by atoms with Gasteiger partial charge in [-0.1, -0.05) is 6.07 Å². The molecule has 0 amide bonds.